The van der Waals surface area contributed by atoms with E-state index in [4.69, 9.17) is 14.5 Å². The maximum atomic E-state index is 11.5. The number of unbranched alkanes of at least 4 members (excludes halogenated alkanes) is 1. The van der Waals surface area contributed by atoms with Gasteiger partial charge in [0.25, 0.3) is 0 Å². The van der Waals surface area contributed by atoms with Crippen LogP contribution in [-0.4, -0.2) is 76.9 Å². The van der Waals surface area contributed by atoms with Gasteiger partial charge in [-0.05, 0) is 38.5 Å². The van der Waals surface area contributed by atoms with Gasteiger partial charge in [0.05, 0.1) is 13.2 Å². The second-order valence-corrected chi connectivity index (χ2v) is 6.36. The van der Waals surface area contributed by atoms with Gasteiger partial charge < -0.3 is 25.0 Å². The lowest BCUT2D eigenvalue weighted by Gasteiger charge is -2.34. The predicted octanol–water partition coefficient (Wildman–Crippen LogP) is 1.24. The Kier molecular flexibility index (Phi) is 12.1. The molecular formula is C18H36N4O3. The molecule has 0 bridgehead atoms. The second kappa shape index (κ2) is 13.9. The highest BCUT2D eigenvalue weighted by Crippen LogP contribution is 2.20. The highest BCUT2D eigenvalue weighted by molar-refractivity contribution is 5.80. The SMILES string of the molecule is CCNC(=NCCCCOCCOC)N1CCC(CC(=O)NC)CC1. The van der Waals surface area contributed by atoms with Gasteiger partial charge in [-0.15, -0.1) is 0 Å². The molecule has 1 aliphatic rings. The Bertz CT molecular complexity index is 383. The monoisotopic (exact) mass is 356 g/mol. The van der Waals surface area contributed by atoms with Crippen LogP contribution in [0.3, 0.4) is 0 Å². The average molecular weight is 357 g/mol. The summed E-state index contributed by atoms with van der Waals surface area (Å²) in [7, 11) is 3.39. The number of piperidine rings is 1. The molecular weight excluding hydrogens is 320 g/mol. The minimum atomic E-state index is 0.145. The van der Waals surface area contributed by atoms with Crippen molar-refractivity contribution in [2.75, 3.05) is 60.2 Å². The second-order valence-electron chi connectivity index (χ2n) is 6.36. The zero-order valence-electron chi connectivity index (χ0n) is 16.2. The first kappa shape index (κ1) is 21.7. The molecule has 0 aromatic rings. The minimum Gasteiger partial charge on any atom is -0.382 e. The normalized spacial score (nSPS) is 16.1. The summed E-state index contributed by atoms with van der Waals surface area (Å²) in [5, 5.41) is 6.10. The van der Waals surface area contributed by atoms with E-state index in [2.05, 4.69) is 22.5 Å². The van der Waals surface area contributed by atoms with E-state index in [0.29, 0.717) is 25.6 Å². The van der Waals surface area contributed by atoms with Crippen molar-refractivity contribution in [2.45, 2.75) is 39.0 Å². The van der Waals surface area contributed by atoms with E-state index >= 15 is 0 Å². The number of aliphatic imine (C=N–C) groups is 1. The van der Waals surface area contributed by atoms with E-state index in [0.717, 1.165) is 64.4 Å². The molecule has 25 heavy (non-hydrogen) atoms. The quantitative estimate of drug-likeness (QED) is 0.331. The van der Waals surface area contributed by atoms with Crippen LogP contribution in [0, 0.1) is 5.92 Å². The van der Waals surface area contributed by atoms with Crippen molar-refractivity contribution in [3.05, 3.63) is 0 Å². The Morgan fingerprint density at radius 1 is 1.20 bits per heavy atom. The number of carbonyl (C=O) groups excluding carboxylic acids is 1. The van der Waals surface area contributed by atoms with Gasteiger partial charge in [0.15, 0.2) is 5.96 Å². The third-order valence-corrected chi connectivity index (χ3v) is 4.39. The molecule has 1 heterocycles. The molecule has 1 amide bonds. The summed E-state index contributed by atoms with van der Waals surface area (Å²) >= 11 is 0. The molecule has 146 valence electrons. The highest BCUT2D eigenvalue weighted by atomic mass is 16.5. The van der Waals surface area contributed by atoms with Gasteiger partial charge in [-0.1, -0.05) is 0 Å². The molecule has 0 aromatic carbocycles. The summed E-state index contributed by atoms with van der Waals surface area (Å²) in [6.45, 7) is 7.79. The largest absolute Gasteiger partial charge is 0.382 e. The summed E-state index contributed by atoms with van der Waals surface area (Å²) in [4.78, 5) is 18.6. The fourth-order valence-corrected chi connectivity index (χ4v) is 2.88. The number of nitrogens with one attached hydrogen (secondary N) is 2. The average Bonchev–Trinajstić information content (AvgIpc) is 2.63. The van der Waals surface area contributed by atoms with E-state index in [1.165, 1.54) is 0 Å². The van der Waals surface area contributed by atoms with Crippen LogP contribution in [0.4, 0.5) is 0 Å². The van der Waals surface area contributed by atoms with Crippen molar-refractivity contribution in [1.82, 2.24) is 15.5 Å². The number of hydrogen-bond acceptors (Lipinski definition) is 4. The maximum absolute atomic E-state index is 11.5. The number of likely N-dealkylation sites (tertiary alicyclic amines) is 1. The van der Waals surface area contributed by atoms with E-state index in [1.807, 2.05) is 0 Å². The summed E-state index contributed by atoms with van der Waals surface area (Å²) in [5.41, 5.74) is 0. The topological polar surface area (TPSA) is 75.2 Å². The smallest absolute Gasteiger partial charge is 0.220 e. The predicted molar refractivity (Wildman–Crippen MR) is 101 cm³/mol. The van der Waals surface area contributed by atoms with Gasteiger partial charge in [0, 0.05) is 53.4 Å². The third kappa shape index (κ3) is 9.65. The molecule has 1 rings (SSSR count). The lowest BCUT2D eigenvalue weighted by molar-refractivity contribution is -0.121. The van der Waals surface area contributed by atoms with Crippen LogP contribution in [0.5, 0.6) is 0 Å². The van der Waals surface area contributed by atoms with Crippen LogP contribution < -0.4 is 10.6 Å². The fourth-order valence-electron chi connectivity index (χ4n) is 2.88. The molecule has 2 N–H and O–H groups in total. The van der Waals surface area contributed by atoms with Crippen molar-refractivity contribution >= 4 is 11.9 Å². The zero-order chi connectivity index (χ0) is 18.3. The number of nitrogens with zero attached hydrogens (tertiary/aromatic N) is 2. The molecule has 0 radical (unpaired) electrons. The van der Waals surface area contributed by atoms with Gasteiger partial charge >= 0.3 is 0 Å². The molecule has 0 aliphatic carbocycles. The van der Waals surface area contributed by atoms with Gasteiger partial charge in [0.2, 0.25) is 5.91 Å². The van der Waals surface area contributed by atoms with Crippen molar-refractivity contribution in [2.24, 2.45) is 10.9 Å². The number of hydrogen-bond donors (Lipinski definition) is 2. The van der Waals surface area contributed by atoms with Gasteiger partial charge in [-0.2, -0.15) is 0 Å². The van der Waals surface area contributed by atoms with Crippen molar-refractivity contribution in [3.8, 4) is 0 Å². The Morgan fingerprint density at radius 3 is 2.60 bits per heavy atom. The fraction of sp³-hybridized carbons (Fsp3) is 0.889. The molecule has 0 saturated carbocycles. The number of ether oxygens (including phenoxy) is 2. The maximum Gasteiger partial charge on any atom is 0.220 e. The van der Waals surface area contributed by atoms with Crippen molar-refractivity contribution in [3.63, 3.8) is 0 Å². The molecule has 1 aliphatic heterocycles. The Hall–Kier alpha value is -1.34. The van der Waals surface area contributed by atoms with Crippen LogP contribution in [0.2, 0.25) is 0 Å². The van der Waals surface area contributed by atoms with Crippen molar-refractivity contribution in [1.29, 1.82) is 0 Å². The third-order valence-electron chi connectivity index (χ3n) is 4.39. The first-order valence-electron chi connectivity index (χ1n) is 9.51. The number of guanidine groups is 1. The summed E-state index contributed by atoms with van der Waals surface area (Å²) < 4.78 is 10.4. The van der Waals surface area contributed by atoms with E-state index in [-0.39, 0.29) is 5.91 Å². The van der Waals surface area contributed by atoms with Gasteiger partial charge in [0.1, 0.15) is 0 Å². The van der Waals surface area contributed by atoms with Crippen molar-refractivity contribution < 1.29 is 14.3 Å². The van der Waals surface area contributed by atoms with Crippen LogP contribution in [0.1, 0.15) is 39.0 Å². The van der Waals surface area contributed by atoms with E-state index in [1.54, 1.807) is 14.2 Å². The molecule has 0 atom stereocenters. The van der Waals surface area contributed by atoms with Crippen LogP contribution in [-0.2, 0) is 14.3 Å². The molecule has 0 aromatic heterocycles. The highest BCUT2D eigenvalue weighted by Gasteiger charge is 2.22. The molecule has 1 saturated heterocycles. The summed E-state index contributed by atoms with van der Waals surface area (Å²) in [5.74, 6) is 1.64. The van der Waals surface area contributed by atoms with Gasteiger partial charge in [-0.3, -0.25) is 9.79 Å². The molecule has 1 fully saturated rings. The molecule has 0 spiro atoms. The zero-order valence-corrected chi connectivity index (χ0v) is 16.2. The van der Waals surface area contributed by atoms with Crippen LogP contribution in [0.15, 0.2) is 4.99 Å². The molecule has 7 heteroatoms. The van der Waals surface area contributed by atoms with Crippen LogP contribution in [0.25, 0.3) is 0 Å². The van der Waals surface area contributed by atoms with E-state index in [9.17, 15) is 4.79 Å². The summed E-state index contributed by atoms with van der Waals surface area (Å²) in [6, 6.07) is 0. The number of methoxy groups -OCH3 is 1. The minimum absolute atomic E-state index is 0.145. The number of amides is 1. The molecule has 0 unspecified atom stereocenters. The number of rotatable bonds is 11. The number of carbonyl (C=O) groups is 1. The van der Waals surface area contributed by atoms with Gasteiger partial charge in [-0.25, -0.2) is 0 Å². The Labute approximate surface area is 152 Å². The first-order chi connectivity index (χ1) is 12.2. The Balaban J connectivity index is 2.27. The lowest BCUT2D eigenvalue weighted by Crippen LogP contribution is -2.46. The lowest BCUT2D eigenvalue weighted by atomic mass is 9.93. The first-order valence-corrected chi connectivity index (χ1v) is 9.51. The molecule has 7 nitrogen and oxygen atoms in total. The summed E-state index contributed by atoms with van der Waals surface area (Å²) in [6.07, 6.45) is 4.77. The van der Waals surface area contributed by atoms with E-state index < -0.39 is 0 Å². The Morgan fingerprint density at radius 2 is 1.96 bits per heavy atom. The standard InChI is InChI=1S/C18H36N4O3/c1-4-20-18(21-9-5-6-12-25-14-13-24-3)22-10-7-16(8-11-22)15-17(23)19-2/h16H,4-15H2,1-3H3,(H,19,23)(H,20,21). The van der Waals surface area contributed by atoms with Crippen LogP contribution >= 0.6 is 0 Å².